The summed E-state index contributed by atoms with van der Waals surface area (Å²) < 4.78 is 5.44. The molecule has 0 saturated heterocycles. The van der Waals surface area contributed by atoms with Crippen molar-refractivity contribution >= 4 is 11.6 Å². The number of para-hydroxylation sites is 2. The largest absolute Gasteiger partial charge is 0.496 e. The van der Waals surface area contributed by atoms with Crippen LogP contribution in [0.2, 0.25) is 0 Å². The summed E-state index contributed by atoms with van der Waals surface area (Å²) in [4.78, 5) is 14.5. The lowest BCUT2D eigenvalue weighted by molar-refractivity contribution is 0.0706. The third-order valence-corrected chi connectivity index (χ3v) is 3.78. The standard InChI is InChI=1S/C18H18N2O2/c1-3-12-20-17(14-9-5-7-11-16(14)22-2)19-15-10-6-4-8-13(15)18(20)21/h3-11,17,19H,1,12H2,2H3. The van der Waals surface area contributed by atoms with Crippen LogP contribution >= 0.6 is 0 Å². The van der Waals surface area contributed by atoms with E-state index in [1.807, 2.05) is 48.5 Å². The molecule has 4 nitrogen and oxygen atoms in total. The summed E-state index contributed by atoms with van der Waals surface area (Å²) in [5, 5.41) is 3.43. The third-order valence-electron chi connectivity index (χ3n) is 3.78. The molecule has 1 N–H and O–H groups in total. The molecule has 0 aromatic heterocycles. The first kappa shape index (κ1) is 14.2. The number of fused-ring (bicyclic) bond motifs is 1. The maximum atomic E-state index is 12.8. The van der Waals surface area contributed by atoms with Gasteiger partial charge >= 0.3 is 0 Å². The van der Waals surface area contributed by atoms with Gasteiger partial charge in [-0.1, -0.05) is 36.4 Å². The molecule has 1 atom stereocenters. The second kappa shape index (κ2) is 5.93. The van der Waals surface area contributed by atoms with Crippen LogP contribution in [0.1, 0.15) is 22.1 Å². The van der Waals surface area contributed by atoms with Gasteiger partial charge in [-0.2, -0.15) is 0 Å². The fourth-order valence-corrected chi connectivity index (χ4v) is 2.76. The van der Waals surface area contributed by atoms with Gasteiger partial charge in [0.2, 0.25) is 0 Å². The first-order valence-electron chi connectivity index (χ1n) is 7.16. The van der Waals surface area contributed by atoms with Crippen molar-refractivity contribution in [2.75, 3.05) is 19.0 Å². The summed E-state index contributed by atoms with van der Waals surface area (Å²) in [6.45, 7) is 4.22. The normalized spacial score (nSPS) is 16.7. The van der Waals surface area contributed by atoms with E-state index in [0.29, 0.717) is 12.1 Å². The molecule has 2 aromatic carbocycles. The van der Waals surface area contributed by atoms with Crippen LogP contribution in [0.25, 0.3) is 0 Å². The van der Waals surface area contributed by atoms with E-state index in [1.54, 1.807) is 18.1 Å². The van der Waals surface area contributed by atoms with E-state index in [1.165, 1.54) is 0 Å². The van der Waals surface area contributed by atoms with E-state index in [9.17, 15) is 4.79 Å². The van der Waals surface area contributed by atoms with E-state index in [0.717, 1.165) is 17.0 Å². The molecule has 112 valence electrons. The highest BCUT2D eigenvalue weighted by atomic mass is 16.5. The number of nitrogens with zero attached hydrogens (tertiary/aromatic N) is 1. The maximum Gasteiger partial charge on any atom is 0.258 e. The third kappa shape index (κ3) is 2.33. The van der Waals surface area contributed by atoms with Crippen LogP contribution in [0, 0.1) is 0 Å². The Labute approximate surface area is 130 Å². The van der Waals surface area contributed by atoms with Crippen LogP contribution in [-0.4, -0.2) is 24.5 Å². The van der Waals surface area contributed by atoms with Crippen LogP contribution in [0.5, 0.6) is 5.75 Å². The molecule has 1 unspecified atom stereocenters. The molecule has 3 rings (SSSR count). The molecule has 0 radical (unpaired) electrons. The molecule has 0 saturated carbocycles. The number of nitrogens with one attached hydrogen (secondary N) is 1. The highest BCUT2D eigenvalue weighted by molar-refractivity contribution is 6.01. The van der Waals surface area contributed by atoms with E-state index >= 15 is 0 Å². The lowest BCUT2D eigenvalue weighted by Gasteiger charge is -2.38. The monoisotopic (exact) mass is 294 g/mol. The Bertz CT molecular complexity index is 712. The maximum absolute atomic E-state index is 12.8. The van der Waals surface area contributed by atoms with Gasteiger partial charge in [-0.05, 0) is 18.2 Å². The number of hydrogen-bond acceptors (Lipinski definition) is 3. The minimum absolute atomic E-state index is 0.00911. The van der Waals surface area contributed by atoms with Crippen molar-refractivity contribution in [1.29, 1.82) is 0 Å². The molecule has 0 spiro atoms. The molecule has 2 aromatic rings. The van der Waals surface area contributed by atoms with E-state index < -0.39 is 0 Å². The number of amides is 1. The van der Waals surface area contributed by atoms with Crippen molar-refractivity contribution in [3.8, 4) is 5.75 Å². The summed E-state index contributed by atoms with van der Waals surface area (Å²) in [7, 11) is 1.63. The number of ether oxygens (including phenoxy) is 1. The van der Waals surface area contributed by atoms with Gasteiger partial charge < -0.3 is 15.0 Å². The zero-order valence-electron chi connectivity index (χ0n) is 12.5. The number of rotatable bonds is 4. The molecule has 0 fully saturated rings. The Morgan fingerprint density at radius 1 is 1.23 bits per heavy atom. The Morgan fingerprint density at radius 2 is 1.95 bits per heavy atom. The highest BCUT2D eigenvalue weighted by Crippen LogP contribution is 2.36. The van der Waals surface area contributed by atoms with Crippen LogP contribution in [0.15, 0.2) is 61.2 Å². The zero-order valence-corrected chi connectivity index (χ0v) is 12.5. The van der Waals surface area contributed by atoms with Crippen molar-refractivity contribution in [2.45, 2.75) is 6.17 Å². The summed E-state index contributed by atoms with van der Waals surface area (Å²) in [6.07, 6.45) is 1.45. The first-order chi connectivity index (χ1) is 10.8. The fourth-order valence-electron chi connectivity index (χ4n) is 2.76. The minimum Gasteiger partial charge on any atom is -0.496 e. The molecule has 22 heavy (non-hydrogen) atoms. The molecular weight excluding hydrogens is 276 g/mol. The Balaban J connectivity index is 2.09. The van der Waals surface area contributed by atoms with Crippen LogP contribution < -0.4 is 10.1 Å². The molecule has 1 amide bonds. The molecule has 1 aliphatic rings. The van der Waals surface area contributed by atoms with Gasteiger partial charge in [-0.3, -0.25) is 4.79 Å². The zero-order chi connectivity index (χ0) is 15.5. The van der Waals surface area contributed by atoms with Gasteiger partial charge in [-0.25, -0.2) is 0 Å². The van der Waals surface area contributed by atoms with Gasteiger partial charge in [-0.15, -0.1) is 6.58 Å². The minimum atomic E-state index is -0.281. The van der Waals surface area contributed by atoms with Crippen LogP contribution in [0.3, 0.4) is 0 Å². The van der Waals surface area contributed by atoms with Gasteiger partial charge in [0.15, 0.2) is 0 Å². The number of hydrogen-bond donors (Lipinski definition) is 1. The Morgan fingerprint density at radius 3 is 2.73 bits per heavy atom. The summed E-state index contributed by atoms with van der Waals surface area (Å²) >= 11 is 0. The van der Waals surface area contributed by atoms with Gasteiger partial charge in [0, 0.05) is 17.8 Å². The Hall–Kier alpha value is -2.75. The first-order valence-corrected chi connectivity index (χ1v) is 7.16. The number of carbonyl (C=O) groups is 1. The fraction of sp³-hybridized carbons (Fsp3) is 0.167. The average Bonchev–Trinajstić information content (AvgIpc) is 2.57. The van der Waals surface area contributed by atoms with E-state index in [4.69, 9.17) is 4.74 Å². The van der Waals surface area contributed by atoms with Crippen LogP contribution in [0.4, 0.5) is 5.69 Å². The lowest BCUT2D eigenvalue weighted by Crippen LogP contribution is -2.43. The SMILES string of the molecule is C=CCN1C(=O)c2ccccc2NC1c1ccccc1OC. The van der Waals surface area contributed by atoms with E-state index in [-0.39, 0.29) is 12.1 Å². The summed E-state index contributed by atoms with van der Waals surface area (Å²) in [5.41, 5.74) is 2.44. The molecule has 0 aliphatic carbocycles. The van der Waals surface area contributed by atoms with Crippen molar-refractivity contribution < 1.29 is 9.53 Å². The molecule has 1 aliphatic heterocycles. The predicted molar refractivity (Wildman–Crippen MR) is 87.0 cm³/mol. The molecule has 0 bridgehead atoms. The predicted octanol–water partition coefficient (Wildman–Crippen LogP) is 3.45. The molecular formula is C18H18N2O2. The highest BCUT2D eigenvalue weighted by Gasteiger charge is 2.33. The second-order valence-corrected chi connectivity index (χ2v) is 5.08. The average molecular weight is 294 g/mol. The number of carbonyl (C=O) groups excluding carboxylic acids is 1. The summed E-state index contributed by atoms with van der Waals surface area (Å²) in [6, 6.07) is 15.3. The van der Waals surface area contributed by atoms with Crippen LogP contribution in [-0.2, 0) is 0 Å². The smallest absolute Gasteiger partial charge is 0.258 e. The van der Waals surface area contributed by atoms with Crippen molar-refractivity contribution in [3.63, 3.8) is 0 Å². The van der Waals surface area contributed by atoms with Crippen molar-refractivity contribution in [1.82, 2.24) is 4.90 Å². The van der Waals surface area contributed by atoms with Gasteiger partial charge in [0.25, 0.3) is 5.91 Å². The topological polar surface area (TPSA) is 41.6 Å². The van der Waals surface area contributed by atoms with Gasteiger partial charge in [0.1, 0.15) is 11.9 Å². The quantitative estimate of drug-likeness (QED) is 0.878. The second-order valence-electron chi connectivity index (χ2n) is 5.08. The van der Waals surface area contributed by atoms with E-state index in [2.05, 4.69) is 11.9 Å². The van der Waals surface area contributed by atoms with Crippen molar-refractivity contribution in [3.05, 3.63) is 72.3 Å². The van der Waals surface area contributed by atoms with Crippen molar-refractivity contribution in [2.24, 2.45) is 0 Å². The lowest BCUT2D eigenvalue weighted by atomic mass is 10.0. The summed E-state index contributed by atoms with van der Waals surface area (Å²) in [5.74, 6) is 0.742. The molecule has 4 heteroatoms. The number of anilines is 1. The number of methoxy groups -OCH3 is 1. The Kier molecular flexibility index (Phi) is 3.83. The number of benzene rings is 2. The van der Waals surface area contributed by atoms with Gasteiger partial charge in [0.05, 0.1) is 12.7 Å². The molecule has 1 heterocycles.